The molecule has 136 valence electrons. The number of nitrogens with one attached hydrogen (secondary N) is 1. The average molecular weight is 373 g/mol. The second-order valence-corrected chi connectivity index (χ2v) is 8.44. The molecule has 0 saturated carbocycles. The normalized spacial score (nSPS) is 18.1. The predicted octanol–water partition coefficient (Wildman–Crippen LogP) is 3.41. The van der Waals surface area contributed by atoms with Gasteiger partial charge in [0.25, 0.3) is 0 Å². The van der Waals surface area contributed by atoms with Crippen molar-refractivity contribution in [3.63, 3.8) is 0 Å². The van der Waals surface area contributed by atoms with Crippen molar-refractivity contribution in [2.45, 2.75) is 38.8 Å². The van der Waals surface area contributed by atoms with Gasteiger partial charge in [-0.25, -0.2) is 13.9 Å². The minimum atomic E-state index is -0.269. The average Bonchev–Trinajstić information content (AvgIpc) is 3.20. The van der Waals surface area contributed by atoms with Crippen molar-refractivity contribution in [2.24, 2.45) is 0 Å². The minimum absolute atomic E-state index is 0.0501. The van der Waals surface area contributed by atoms with E-state index in [4.69, 9.17) is 0 Å². The number of imidazole rings is 1. The third-order valence-corrected chi connectivity index (χ3v) is 5.30. The number of rotatable bonds is 3. The summed E-state index contributed by atoms with van der Waals surface area (Å²) >= 11 is 1.44. The van der Waals surface area contributed by atoms with Crippen LogP contribution in [0.5, 0.6) is 0 Å². The molecule has 2 aromatic heterocycles. The summed E-state index contributed by atoms with van der Waals surface area (Å²) in [6.45, 7) is 6.80. The fourth-order valence-electron chi connectivity index (χ4n) is 3.15. The lowest BCUT2D eigenvalue weighted by Crippen LogP contribution is -2.43. The molecule has 1 unspecified atom stereocenters. The Hall–Kier alpha value is -2.48. The first kappa shape index (κ1) is 17.0. The van der Waals surface area contributed by atoms with E-state index in [-0.39, 0.29) is 23.3 Å². The molecule has 1 fully saturated rings. The number of hydrogen-bond donors (Lipinski definition) is 1. The van der Waals surface area contributed by atoms with Crippen molar-refractivity contribution in [1.82, 2.24) is 19.5 Å². The zero-order valence-electron chi connectivity index (χ0n) is 14.9. The molecule has 3 heterocycles. The Balaban J connectivity index is 1.50. The summed E-state index contributed by atoms with van der Waals surface area (Å²) in [4.78, 5) is 19.4. The van der Waals surface area contributed by atoms with Crippen molar-refractivity contribution in [3.05, 3.63) is 36.3 Å². The highest BCUT2D eigenvalue weighted by Gasteiger charge is 2.36. The molecule has 0 radical (unpaired) electrons. The predicted molar refractivity (Wildman–Crippen MR) is 99.8 cm³/mol. The molecule has 6 nitrogen and oxygen atoms in total. The van der Waals surface area contributed by atoms with Gasteiger partial charge in [-0.05, 0) is 45.0 Å². The molecule has 1 N–H and O–H groups in total. The fourth-order valence-corrected chi connectivity index (χ4v) is 4.00. The molecule has 1 aliphatic heterocycles. The first-order valence-corrected chi connectivity index (χ1v) is 9.30. The van der Waals surface area contributed by atoms with Crippen molar-refractivity contribution < 1.29 is 9.18 Å². The topological polar surface area (TPSA) is 62.5 Å². The first-order valence-electron chi connectivity index (χ1n) is 8.49. The number of fused-ring (bicyclic) bond motifs is 1. The van der Waals surface area contributed by atoms with E-state index in [1.807, 2.05) is 31.9 Å². The van der Waals surface area contributed by atoms with E-state index in [2.05, 4.69) is 15.4 Å². The van der Waals surface area contributed by atoms with Gasteiger partial charge in [0.05, 0.1) is 17.9 Å². The van der Waals surface area contributed by atoms with Gasteiger partial charge in [-0.1, -0.05) is 11.3 Å². The number of anilines is 1. The van der Waals surface area contributed by atoms with Crippen LogP contribution in [-0.4, -0.2) is 43.5 Å². The number of likely N-dealkylation sites (tertiary alicyclic amines) is 1. The molecule has 1 saturated heterocycles. The Morgan fingerprint density at radius 1 is 1.27 bits per heavy atom. The molecule has 1 aromatic carbocycles. The molecule has 0 aliphatic carbocycles. The summed E-state index contributed by atoms with van der Waals surface area (Å²) in [5, 5.41) is 8.60. The van der Waals surface area contributed by atoms with Gasteiger partial charge in [0.1, 0.15) is 5.82 Å². The molecule has 8 heteroatoms. The van der Waals surface area contributed by atoms with Gasteiger partial charge < -0.3 is 10.2 Å². The maximum Gasteiger partial charge on any atom is 0.225 e. The summed E-state index contributed by atoms with van der Waals surface area (Å²) in [6, 6.07) is 6.29. The van der Waals surface area contributed by atoms with Crippen LogP contribution in [0.1, 0.15) is 27.2 Å². The zero-order chi connectivity index (χ0) is 18.5. The van der Waals surface area contributed by atoms with Gasteiger partial charge in [0.2, 0.25) is 16.0 Å². The Bertz CT molecular complexity index is 925. The van der Waals surface area contributed by atoms with Crippen LogP contribution in [-0.2, 0) is 4.79 Å². The number of hydrogen-bond acceptors (Lipinski definition) is 5. The van der Waals surface area contributed by atoms with Gasteiger partial charge >= 0.3 is 0 Å². The van der Waals surface area contributed by atoms with Gasteiger partial charge in [0, 0.05) is 24.1 Å². The number of aromatic nitrogens is 3. The van der Waals surface area contributed by atoms with Gasteiger partial charge in [-0.2, -0.15) is 0 Å². The van der Waals surface area contributed by atoms with Crippen LogP contribution in [0.25, 0.3) is 16.2 Å². The quantitative estimate of drug-likeness (QED) is 0.764. The molecule has 4 rings (SSSR count). The Kier molecular flexibility index (Phi) is 3.95. The van der Waals surface area contributed by atoms with E-state index in [0.29, 0.717) is 13.0 Å². The van der Waals surface area contributed by atoms with Crippen LogP contribution < -0.4 is 5.32 Å². The number of amides is 1. The summed E-state index contributed by atoms with van der Waals surface area (Å²) in [6.07, 6.45) is 2.30. The standard InChI is InChI=1S/C18H20FN5OS/c1-18(2,3)23-9-13(8-15(23)25)20-16-22-24-10-14(21-17(24)26-16)11-4-6-12(19)7-5-11/h4-7,10,13H,8-9H2,1-3H3,(H,20,22). The summed E-state index contributed by atoms with van der Waals surface area (Å²) in [7, 11) is 0. The van der Waals surface area contributed by atoms with E-state index >= 15 is 0 Å². The molecule has 1 aliphatic rings. The smallest absolute Gasteiger partial charge is 0.225 e. The highest BCUT2D eigenvalue weighted by molar-refractivity contribution is 7.20. The van der Waals surface area contributed by atoms with E-state index in [1.54, 1.807) is 16.6 Å². The van der Waals surface area contributed by atoms with Crippen molar-refractivity contribution in [3.8, 4) is 11.3 Å². The zero-order valence-corrected chi connectivity index (χ0v) is 15.7. The number of halogens is 1. The molecule has 3 aromatic rings. The minimum Gasteiger partial charge on any atom is -0.355 e. The number of nitrogens with zero attached hydrogens (tertiary/aromatic N) is 4. The van der Waals surface area contributed by atoms with Gasteiger partial charge in [-0.15, -0.1) is 5.10 Å². The summed E-state index contributed by atoms with van der Waals surface area (Å²) < 4.78 is 14.8. The van der Waals surface area contributed by atoms with Crippen molar-refractivity contribution >= 4 is 27.3 Å². The lowest BCUT2D eigenvalue weighted by Gasteiger charge is -2.32. The molecule has 26 heavy (non-hydrogen) atoms. The molecule has 0 bridgehead atoms. The molecule has 0 spiro atoms. The van der Waals surface area contributed by atoms with Crippen molar-refractivity contribution in [2.75, 3.05) is 11.9 Å². The number of carbonyl (C=O) groups excluding carboxylic acids is 1. The Labute approximate surface area is 154 Å². The SMILES string of the molecule is CC(C)(C)N1CC(Nc2nn3cc(-c4ccc(F)cc4)nc3s2)CC1=O. The van der Waals surface area contributed by atoms with Crippen LogP contribution >= 0.6 is 11.3 Å². The lowest BCUT2D eigenvalue weighted by atomic mass is 10.1. The van der Waals surface area contributed by atoms with E-state index < -0.39 is 0 Å². The molecular weight excluding hydrogens is 353 g/mol. The first-order chi connectivity index (χ1) is 12.3. The summed E-state index contributed by atoms with van der Waals surface area (Å²) in [5.41, 5.74) is 1.43. The van der Waals surface area contributed by atoms with E-state index in [9.17, 15) is 9.18 Å². The Morgan fingerprint density at radius 3 is 2.62 bits per heavy atom. The highest BCUT2D eigenvalue weighted by atomic mass is 32.1. The molecule has 1 atom stereocenters. The van der Waals surface area contributed by atoms with Crippen LogP contribution in [0.2, 0.25) is 0 Å². The third kappa shape index (κ3) is 3.16. The monoisotopic (exact) mass is 373 g/mol. The van der Waals surface area contributed by atoms with Crippen LogP contribution in [0.15, 0.2) is 30.5 Å². The van der Waals surface area contributed by atoms with Crippen LogP contribution in [0.3, 0.4) is 0 Å². The second kappa shape index (κ2) is 6.05. The van der Waals surface area contributed by atoms with Gasteiger partial charge in [0.15, 0.2) is 0 Å². The van der Waals surface area contributed by atoms with Crippen molar-refractivity contribution in [1.29, 1.82) is 0 Å². The van der Waals surface area contributed by atoms with Crippen LogP contribution in [0.4, 0.5) is 9.52 Å². The maximum atomic E-state index is 13.1. The molecule has 1 amide bonds. The number of carbonyl (C=O) groups is 1. The Morgan fingerprint density at radius 2 is 2.00 bits per heavy atom. The fraction of sp³-hybridized carbons (Fsp3) is 0.389. The second-order valence-electron chi connectivity index (χ2n) is 7.49. The molecular formula is C18H20FN5OS. The van der Waals surface area contributed by atoms with Crippen LogP contribution in [0, 0.1) is 5.82 Å². The lowest BCUT2D eigenvalue weighted by molar-refractivity contribution is -0.131. The maximum absolute atomic E-state index is 13.1. The van der Waals surface area contributed by atoms with Gasteiger partial charge in [-0.3, -0.25) is 4.79 Å². The van der Waals surface area contributed by atoms with E-state index in [0.717, 1.165) is 21.3 Å². The van der Waals surface area contributed by atoms with E-state index in [1.165, 1.54) is 23.5 Å². The highest BCUT2D eigenvalue weighted by Crippen LogP contribution is 2.28. The largest absolute Gasteiger partial charge is 0.355 e. The number of benzene rings is 1. The third-order valence-electron chi connectivity index (χ3n) is 4.45. The summed E-state index contributed by atoms with van der Waals surface area (Å²) in [5.74, 6) is -0.107.